The predicted molar refractivity (Wildman–Crippen MR) is 88.3 cm³/mol. The fraction of sp³-hybridized carbons (Fsp3) is 0.533. The van der Waals surface area contributed by atoms with E-state index in [9.17, 15) is 8.42 Å². The molecule has 0 spiro atoms. The molecule has 2 unspecified atom stereocenters. The van der Waals surface area contributed by atoms with Gasteiger partial charge in [0.15, 0.2) is 0 Å². The van der Waals surface area contributed by atoms with Crippen molar-refractivity contribution in [1.29, 1.82) is 5.26 Å². The third-order valence-electron chi connectivity index (χ3n) is 4.12. The van der Waals surface area contributed by atoms with Crippen LogP contribution in [-0.2, 0) is 10.0 Å². The lowest BCUT2D eigenvalue weighted by Crippen LogP contribution is -2.49. The Morgan fingerprint density at radius 2 is 2.14 bits per heavy atom. The number of sulfonamides is 1. The van der Waals surface area contributed by atoms with E-state index in [2.05, 4.69) is 13.0 Å². The highest BCUT2D eigenvalue weighted by molar-refractivity contribution is 7.89. The Bertz CT molecular complexity index is 670. The molecule has 122 valence electrons. The fourth-order valence-electron chi connectivity index (χ4n) is 2.82. The number of rotatable bonds is 3. The molecule has 1 aromatic carbocycles. The van der Waals surface area contributed by atoms with Gasteiger partial charge in [0.05, 0.1) is 16.5 Å². The molecule has 5 nitrogen and oxygen atoms in total. The van der Waals surface area contributed by atoms with Crippen LogP contribution in [0.25, 0.3) is 0 Å². The van der Waals surface area contributed by atoms with Gasteiger partial charge in [-0.1, -0.05) is 6.92 Å². The van der Waals surface area contributed by atoms with Gasteiger partial charge in [0.2, 0.25) is 10.0 Å². The molecule has 1 aliphatic rings. The van der Waals surface area contributed by atoms with E-state index in [1.54, 1.807) is 19.1 Å². The molecule has 1 aromatic rings. The van der Waals surface area contributed by atoms with Crippen molar-refractivity contribution in [1.82, 2.24) is 4.31 Å². The molecule has 0 amide bonds. The standard InChI is InChI=1S/C15H21N3O2S.ClH/c1-11-5-6-18(14(7-11)10-17)21(19,20)15-4-3-13(9-16)12(2)8-15;/h3-4,8,11,14H,5-7,10,17H2,1-2H3;1H. The maximum Gasteiger partial charge on any atom is 0.243 e. The number of piperidine rings is 1. The summed E-state index contributed by atoms with van der Waals surface area (Å²) in [5, 5.41) is 8.94. The molecule has 22 heavy (non-hydrogen) atoms. The normalized spacial score (nSPS) is 22.6. The summed E-state index contributed by atoms with van der Waals surface area (Å²) >= 11 is 0. The van der Waals surface area contributed by atoms with Crippen molar-refractivity contribution in [2.24, 2.45) is 11.7 Å². The Labute approximate surface area is 138 Å². The summed E-state index contributed by atoms with van der Waals surface area (Å²) in [6, 6.07) is 6.54. The summed E-state index contributed by atoms with van der Waals surface area (Å²) in [5.74, 6) is 0.493. The van der Waals surface area contributed by atoms with Crippen molar-refractivity contribution in [2.45, 2.75) is 37.6 Å². The van der Waals surface area contributed by atoms with E-state index < -0.39 is 10.0 Å². The lowest BCUT2D eigenvalue weighted by atomic mass is 9.94. The molecule has 2 N–H and O–H groups in total. The quantitative estimate of drug-likeness (QED) is 0.909. The van der Waals surface area contributed by atoms with Gasteiger partial charge in [-0.25, -0.2) is 8.42 Å². The molecule has 0 saturated carbocycles. The van der Waals surface area contributed by atoms with Crippen LogP contribution in [0.4, 0.5) is 0 Å². The van der Waals surface area contributed by atoms with Gasteiger partial charge in [0, 0.05) is 19.1 Å². The number of nitrogens with zero attached hydrogens (tertiary/aromatic N) is 2. The molecule has 1 heterocycles. The Balaban J connectivity index is 0.00000242. The first-order chi connectivity index (χ1) is 9.90. The van der Waals surface area contributed by atoms with Crippen LogP contribution in [0.1, 0.15) is 30.9 Å². The summed E-state index contributed by atoms with van der Waals surface area (Å²) in [6.45, 7) is 4.71. The third kappa shape index (κ3) is 3.61. The lowest BCUT2D eigenvalue weighted by molar-refractivity contribution is 0.211. The maximum absolute atomic E-state index is 12.8. The summed E-state index contributed by atoms with van der Waals surface area (Å²) in [4.78, 5) is 0.243. The van der Waals surface area contributed by atoms with Crippen molar-refractivity contribution in [3.8, 4) is 6.07 Å². The molecule has 1 saturated heterocycles. The second-order valence-electron chi connectivity index (χ2n) is 5.72. The fourth-order valence-corrected chi connectivity index (χ4v) is 4.56. The topological polar surface area (TPSA) is 87.2 Å². The van der Waals surface area contributed by atoms with Gasteiger partial charge in [0.1, 0.15) is 0 Å². The average molecular weight is 344 g/mol. The molecule has 0 aromatic heterocycles. The molecule has 0 radical (unpaired) electrons. The lowest BCUT2D eigenvalue weighted by Gasteiger charge is -2.36. The summed E-state index contributed by atoms with van der Waals surface area (Å²) < 4.78 is 27.1. The van der Waals surface area contributed by atoms with Gasteiger partial charge in [0.25, 0.3) is 0 Å². The van der Waals surface area contributed by atoms with E-state index in [1.807, 2.05) is 0 Å². The minimum Gasteiger partial charge on any atom is -0.329 e. The smallest absolute Gasteiger partial charge is 0.243 e. The van der Waals surface area contributed by atoms with Gasteiger partial charge in [-0.15, -0.1) is 12.4 Å². The molecule has 0 aliphatic carbocycles. The largest absolute Gasteiger partial charge is 0.329 e. The van der Waals surface area contributed by atoms with Crippen molar-refractivity contribution in [2.75, 3.05) is 13.1 Å². The van der Waals surface area contributed by atoms with E-state index >= 15 is 0 Å². The van der Waals surface area contributed by atoms with Crippen LogP contribution in [0.3, 0.4) is 0 Å². The van der Waals surface area contributed by atoms with Crippen LogP contribution < -0.4 is 5.73 Å². The number of nitriles is 1. The highest BCUT2D eigenvalue weighted by atomic mass is 35.5. The second-order valence-corrected chi connectivity index (χ2v) is 7.61. The highest BCUT2D eigenvalue weighted by Crippen LogP contribution is 2.28. The molecular weight excluding hydrogens is 322 g/mol. The first-order valence-corrected chi connectivity index (χ1v) is 8.56. The third-order valence-corrected chi connectivity index (χ3v) is 6.07. The van der Waals surface area contributed by atoms with Crippen LogP contribution in [0.15, 0.2) is 23.1 Å². The SMILES string of the molecule is Cc1cc(S(=O)(=O)N2CCC(C)CC2CN)ccc1C#N.Cl. The zero-order valence-corrected chi connectivity index (χ0v) is 14.5. The van der Waals surface area contributed by atoms with Gasteiger partial charge in [-0.3, -0.25) is 0 Å². The van der Waals surface area contributed by atoms with Gasteiger partial charge in [-0.05, 0) is 49.4 Å². The number of aryl methyl sites for hydroxylation is 1. The Hall–Kier alpha value is -1.13. The number of nitrogens with two attached hydrogens (primary N) is 1. The predicted octanol–water partition coefficient (Wildman–Crippen LogP) is 2.04. The van der Waals surface area contributed by atoms with E-state index in [0.29, 0.717) is 30.1 Å². The molecule has 2 rings (SSSR count). The molecule has 1 aliphatic heterocycles. The Morgan fingerprint density at radius 3 is 2.68 bits per heavy atom. The van der Waals surface area contributed by atoms with E-state index in [-0.39, 0.29) is 23.3 Å². The number of hydrogen-bond donors (Lipinski definition) is 1. The highest BCUT2D eigenvalue weighted by Gasteiger charge is 2.35. The molecule has 2 atom stereocenters. The van der Waals surface area contributed by atoms with Crippen LogP contribution in [0.5, 0.6) is 0 Å². The van der Waals surface area contributed by atoms with E-state index in [4.69, 9.17) is 11.0 Å². The Kier molecular flexibility index (Phi) is 6.38. The van der Waals surface area contributed by atoms with Gasteiger partial charge in [-0.2, -0.15) is 9.57 Å². The van der Waals surface area contributed by atoms with Crippen LogP contribution in [0, 0.1) is 24.2 Å². The van der Waals surface area contributed by atoms with Gasteiger partial charge < -0.3 is 5.73 Å². The van der Waals surface area contributed by atoms with Gasteiger partial charge >= 0.3 is 0 Å². The zero-order chi connectivity index (χ0) is 15.6. The number of halogens is 1. The minimum absolute atomic E-state index is 0. The zero-order valence-electron chi connectivity index (χ0n) is 12.8. The van der Waals surface area contributed by atoms with Crippen LogP contribution in [-0.4, -0.2) is 31.9 Å². The average Bonchev–Trinajstić information content (AvgIpc) is 2.46. The van der Waals surface area contributed by atoms with Crippen molar-refractivity contribution in [3.63, 3.8) is 0 Å². The summed E-state index contributed by atoms with van der Waals surface area (Å²) in [5.41, 5.74) is 6.93. The minimum atomic E-state index is -3.55. The first kappa shape index (κ1) is 18.9. The number of benzene rings is 1. The van der Waals surface area contributed by atoms with Crippen molar-refractivity contribution >= 4 is 22.4 Å². The van der Waals surface area contributed by atoms with Crippen molar-refractivity contribution < 1.29 is 8.42 Å². The Morgan fingerprint density at radius 1 is 1.45 bits per heavy atom. The monoisotopic (exact) mass is 343 g/mol. The van der Waals surface area contributed by atoms with Crippen LogP contribution >= 0.6 is 12.4 Å². The maximum atomic E-state index is 12.8. The van der Waals surface area contributed by atoms with E-state index in [0.717, 1.165) is 12.8 Å². The number of hydrogen-bond acceptors (Lipinski definition) is 4. The van der Waals surface area contributed by atoms with Crippen molar-refractivity contribution in [3.05, 3.63) is 29.3 Å². The molecule has 0 bridgehead atoms. The first-order valence-electron chi connectivity index (χ1n) is 7.12. The molecular formula is C15H22ClN3O2S. The second kappa shape index (κ2) is 7.42. The summed E-state index contributed by atoms with van der Waals surface area (Å²) in [6.07, 6.45) is 1.65. The van der Waals surface area contributed by atoms with Crippen LogP contribution in [0.2, 0.25) is 0 Å². The molecule has 1 fully saturated rings. The van der Waals surface area contributed by atoms with E-state index in [1.165, 1.54) is 10.4 Å². The molecule has 7 heteroatoms. The summed E-state index contributed by atoms with van der Waals surface area (Å²) in [7, 11) is -3.55.